The van der Waals surface area contributed by atoms with Gasteiger partial charge in [-0.3, -0.25) is 4.68 Å². The molecule has 0 bridgehead atoms. The van der Waals surface area contributed by atoms with Crippen LogP contribution in [0.25, 0.3) is 0 Å². The number of aryl methyl sites for hydroxylation is 1. The summed E-state index contributed by atoms with van der Waals surface area (Å²) in [5.74, 6) is -0.349. The second-order valence-electron chi connectivity index (χ2n) is 5.92. The van der Waals surface area contributed by atoms with Gasteiger partial charge in [-0.25, -0.2) is 4.39 Å². The second kappa shape index (κ2) is 8.29. The predicted molar refractivity (Wildman–Crippen MR) is 107 cm³/mol. The lowest BCUT2D eigenvalue weighted by Gasteiger charge is -2.09. The van der Waals surface area contributed by atoms with Crippen LogP contribution in [0, 0.1) is 12.7 Å². The molecule has 0 aliphatic heterocycles. The summed E-state index contributed by atoms with van der Waals surface area (Å²) >= 11 is 11.4. The monoisotopic (exact) mass is 388 g/mol. The van der Waals surface area contributed by atoms with E-state index < -0.39 is 0 Å². The number of thiocarbonyl (C=S) groups is 1. The highest BCUT2D eigenvalue weighted by Crippen LogP contribution is 2.20. The van der Waals surface area contributed by atoms with Crippen LogP contribution >= 0.6 is 23.8 Å². The van der Waals surface area contributed by atoms with E-state index in [0.717, 1.165) is 11.3 Å². The number of hydrogen-bond acceptors (Lipinski definition) is 2. The second-order valence-corrected chi connectivity index (χ2v) is 6.74. The molecular weight excluding hydrogens is 371 g/mol. The topological polar surface area (TPSA) is 41.9 Å². The van der Waals surface area contributed by atoms with Crippen molar-refractivity contribution in [2.75, 3.05) is 5.32 Å². The fourth-order valence-electron chi connectivity index (χ4n) is 2.42. The summed E-state index contributed by atoms with van der Waals surface area (Å²) in [5.41, 5.74) is 3.49. The zero-order valence-electron chi connectivity index (χ0n) is 14.2. The molecule has 7 heteroatoms. The van der Waals surface area contributed by atoms with E-state index >= 15 is 0 Å². The van der Waals surface area contributed by atoms with Crippen molar-refractivity contribution in [1.82, 2.24) is 15.1 Å². The number of nitrogens with one attached hydrogen (secondary N) is 2. The number of hydrogen-bond donors (Lipinski definition) is 2. The highest BCUT2D eigenvalue weighted by molar-refractivity contribution is 7.80. The Labute approximate surface area is 162 Å². The first-order chi connectivity index (χ1) is 12.5. The van der Waals surface area contributed by atoms with E-state index in [4.69, 9.17) is 23.8 Å². The number of aromatic nitrogens is 2. The van der Waals surface area contributed by atoms with Crippen LogP contribution in [0.3, 0.4) is 0 Å². The molecule has 3 rings (SSSR count). The SMILES string of the molecule is Cc1ccc(CNC(=S)Nc2cnn(Cc3c(F)cccc3Cl)c2)cc1. The van der Waals surface area contributed by atoms with E-state index in [9.17, 15) is 4.39 Å². The molecule has 4 nitrogen and oxygen atoms in total. The fourth-order valence-corrected chi connectivity index (χ4v) is 2.84. The van der Waals surface area contributed by atoms with Gasteiger partial charge in [-0.05, 0) is 36.8 Å². The van der Waals surface area contributed by atoms with Gasteiger partial charge in [0.1, 0.15) is 5.82 Å². The molecule has 134 valence electrons. The standard InChI is InChI=1S/C19H18ClFN4S/c1-13-5-7-14(8-6-13)9-22-19(26)24-15-10-23-25(11-15)12-16-17(20)3-2-4-18(16)21/h2-8,10-11H,9,12H2,1H3,(H2,22,24,26). The molecule has 2 N–H and O–H groups in total. The van der Waals surface area contributed by atoms with Gasteiger partial charge in [0.2, 0.25) is 0 Å². The molecule has 0 aliphatic carbocycles. The summed E-state index contributed by atoms with van der Waals surface area (Å²) in [4.78, 5) is 0. The van der Waals surface area contributed by atoms with Crippen LogP contribution in [-0.4, -0.2) is 14.9 Å². The molecule has 0 saturated heterocycles. The molecule has 2 aromatic carbocycles. The summed E-state index contributed by atoms with van der Waals surface area (Å²) in [6, 6.07) is 12.9. The smallest absolute Gasteiger partial charge is 0.171 e. The molecule has 0 unspecified atom stereocenters. The maximum Gasteiger partial charge on any atom is 0.171 e. The van der Waals surface area contributed by atoms with Gasteiger partial charge < -0.3 is 10.6 Å². The van der Waals surface area contributed by atoms with Crippen molar-refractivity contribution >= 4 is 34.6 Å². The minimum Gasteiger partial charge on any atom is -0.358 e. The minimum atomic E-state index is -0.349. The van der Waals surface area contributed by atoms with Crippen LogP contribution in [0.15, 0.2) is 54.9 Å². The summed E-state index contributed by atoms with van der Waals surface area (Å²) in [6.45, 7) is 2.93. The number of anilines is 1. The normalized spacial score (nSPS) is 10.6. The summed E-state index contributed by atoms with van der Waals surface area (Å²) < 4.78 is 15.5. The van der Waals surface area contributed by atoms with Crippen LogP contribution in [0.1, 0.15) is 16.7 Å². The molecule has 1 heterocycles. The Hall–Kier alpha value is -2.44. The Morgan fingerprint density at radius 1 is 1.23 bits per heavy atom. The Kier molecular flexibility index (Phi) is 5.85. The lowest BCUT2D eigenvalue weighted by atomic mass is 10.1. The lowest BCUT2D eigenvalue weighted by molar-refractivity contribution is 0.585. The van der Waals surface area contributed by atoms with Crippen molar-refractivity contribution in [3.63, 3.8) is 0 Å². The van der Waals surface area contributed by atoms with E-state index in [1.165, 1.54) is 11.6 Å². The largest absolute Gasteiger partial charge is 0.358 e. The minimum absolute atomic E-state index is 0.247. The number of benzene rings is 2. The van der Waals surface area contributed by atoms with Crippen molar-refractivity contribution in [2.45, 2.75) is 20.0 Å². The lowest BCUT2D eigenvalue weighted by Crippen LogP contribution is -2.27. The van der Waals surface area contributed by atoms with Gasteiger partial charge in [-0.15, -0.1) is 0 Å². The third kappa shape index (κ3) is 4.80. The molecule has 0 aliphatic rings. The fraction of sp³-hybridized carbons (Fsp3) is 0.158. The number of halogens is 2. The van der Waals surface area contributed by atoms with Gasteiger partial charge in [0.25, 0.3) is 0 Å². The first-order valence-corrected chi connectivity index (χ1v) is 8.85. The van der Waals surface area contributed by atoms with Crippen LogP contribution in [0.4, 0.5) is 10.1 Å². The highest BCUT2D eigenvalue weighted by Gasteiger charge is 2.09. The third-order valence-electron chi connectivity index (χ3n) is 3.85. The van der Waals surface area contributed by atoms with Crippen molar-refractivity contribution < 1.29 is 4.39 Å². The van der Waals surface area contributed by atoms with E-state index in [1.54, 1.807) is 29.2 Å². The van der Waals surface area contributed by atoms with Gasteiger partial charge in [0, 0.05) is 23.3 Å². The van der Waals surface area contributed by atoms with Crippen molar-refractivity contribution in [3.05, 3.63) is 82.4 Å². The maximum absolute atomic E-state index is 13.9. The average Bonchev–Trinajstić information content (AvgIpc) is 3.05. The Morgan fingerprint density at radius 3 is 2.73 bits per heavy atom. The van der Waals surface area contributed by atoms with Crippen LogP contribution < -0.4 is 10.6 Å². The molecular formula is C19H18ClFN4S. The van der Waals surface area contributed by atoms with E-state index in [0.29, 0.717) is 22.2 Å². The van der Waals surface area contributed by atoms with Gasteiger partial charge >= 0.3 is 0 Å². The van der Waals surface area contributed by atoms with Gasteiger partial charge in [-0.2, -0.15) is 5.10 Å². The van der Waals surface area contributed by atoms with E-state index in [2.05, 4.69) is 46.9 Å². The number of rotatable bonds is 5. The van der Waals surface area contributed by atoms with Gasteiger partial charge in [-0.1, -0.05) is 47.5 Å². The number of nitrogens with zero attached hydrogens (tertiary/aromatic N) is 2. The van der Waals surface area contributed by atoms with Gasteiger partial charge in [0.15, 0.2) is 5.11 Å². The van der Waals surface area contributed by atoms with Crippen LogP contribution in [0.5, 0.6) is 0 Å². The Morgan fingerprint density at radius 2 is 2.00 bits per heavy atom. The Bertz CT molecular complexity index is 888. The van der Waals surface area contributed by atoms with Crippen molar-refractivity contribution in [2.24, 2.45) is 0 Å². The van der Waals surface area contributed by atoms with Crippen LogP contribution in [-0.2, 0) is 13.1 Å². The van der Waals surface area contributed by atoms with Crippen LogP contribution in [0.2, 0.25) is 5.02 Å². The molecule has 0 fully saturated rings. The first-order valence-electron chi connectivity index (χ1n) is 8.07. The van der Waals surface area contributed by atoms with Crippen molar-refractivity contribution in [1.29, 1.82) is 0 Å². The van der Waals surface area contributed by atoms with Gasteiger partial charge in [0.05, 0.1) is 18.4 Å². The summed E-state index contributed by atoms with van der Waals surface area (Å²) in [6.07, 6.45) is 3.39. The molecule has 1 aromatic heterocycles. The first kappa shape index (κ1) is 18.4. The highest BCUT2D eigenvalue weighted by atomic mass is 35.5. The molecule has 0 saturated carbocycles. The molecule has 0 amide bonds. The summed E-state index contributed by atoms with van der Waals surface area (Å²) in [7, 11) is 0. The average molecular weight is 389 g/mol. The zero-order valence-corrected chi connectivity index (χ0v) is 15.7. The van der Waals surface area contributed by atoms with E-state index in [-0.39, 0.29) is 12.4 Å². The molecule has 0 radical (unpaired) electrons. The third-order valence-corrected chi connectivity index (χ3v) is 4.45. The molecule has 26 heavy (non-hydrogen) atoms. The quantitative estimate of drug-likeness (QED) is 0.630. The molecule has 0 spiro atoms. The molecule has 0 atom stereocenters. The zero-order chi connectivity index (χ0) is 18.5. The van der Waals surface area contributed by atoms with Crippen molar-refractivity contribution in [3.8, 4) is 0 Å². The molecule has 3 aromatic rings. The Balaban J connectivity index is 1.56. The van der Waals surface area contributed by atoms with E-state index in [1.807, 2.05) is 0 Å². The predicted octanol–water partition coefficient (Wildman–Crippen LogP) is 4.52. The maximum atomic E-state index is 13.9. The summed E-state index contributed by atoms with van der Waals surface area (Å²) in [5, 5.41) is 11.3.